The van der Waals surface area contributed by atoms with Gasteiger partial charge < -0.3 is 14.2 Å². The van der Waals surface area contributed by atoms with E-state index in [0.717, 1.165) is 126 Å². The number of hydrogen-bond acceptors (Lipinski definition) is 6. The molecule has 3 aliphatic heterocycles. The molecule has 6 nitrogen and oxygen atoms in total. The van der Waals surface area contributed by atoms with E-state index in [9.17, 15) is 0 Å². The summed E-state index contributed by atoms with van der Waals surface area (Å²) in [6.45, 7) is 27.3. The Morgan fingerprint density at radius 3 is 1.56 bits per heavy atom. The Hall–Kier alpha value is -1.02. The van der Waals surface area contributed by atoms with Crippen LogP contribution in [0.1, 0.15) is 98.8 Å². The van der Waals surface area contributed by atoms with Gasteiger partial charge in [0.25, 0.3) is 0 Å². The van der Waals surface area contributed by atoms with Gasteiger partial charge in [-0.15, -0.1) is 0 Å². The Bertz CT molecular complexity index is 1020. The second kappa shape index (κ2) is 21.6. The van der Waals surface area contributed by atoms with Gasteiger partial charge in [-0.3, -0.25) is 14.7 Å². The largest absolute Gasteiger partial charge is 0.379 e. The molecule has 0 aromatic carbocycles. The van der Waals surface area contributed by atoms with Crippen molar-refractivity contribution < 1.29 is 14.2 Å². The summed E-state index contributed by atoms with van der Waals surface area (Å²) in [5, 5.41) is 0. The van der Waals surface area contributed by atoms with Gasteiger partial charge in [0.05, 0.1) is 39.6 Å². The number of likely N-dealkylation sites (N-methyl/N-ethyl adjacent to an activating group) is 2. The summed E-state index contributed by atoms with van der Waals surface area (Å²) < 4.78 is 15.7. The molecule has 6 bridgehead atoms. The van der Waals surface area contributed by atoms with Crippen LogP contribution >= 0.6 is 0 Å². The summed E-state index contributed by atoms with van der Waals surface area (Å²) >= 11 is 0. The Morgan fingerprint density at radius 1 is 0.640 bits per heavy atom. The predicted molar refractivity (Wildman–Crippen MR) is 210 cm³/mol. The van der Waals surface area contributed by atoms with Crippen LogP contribution in [0.25, 0.3) is 0 Å². The SMILES string of the molecule is CC(CN1CCOCC1)C1CC2CCC1C2.CC=C1CC2C=CC1C2.CC=C1CC2CCC1C2.CCN1CCOCC1.CCN1CCOCC1. The summed E-state index contributed by atoms with van der Waals surface area (Å²) in [4.78, 5) is 7.40. The lowest BCUT2D eigenvalue weighted by Crippen LogP contribution is -2.40. The minimum absolute atomic E-state index is 0.833. The number of hydrogen-bond donors (Lipinski definition) is 0. The van der Waals surface area contributed by atoms with Crippen LogP contribution in [-0.2, 0) is 14.2 Å². The third kappa shape index (κ3) is 12.3. The van der Waals surface area contributed by atoms with Gasteiger partial charge in [-0.25, -0.2) is 0 Å². The van der Waals surface area contributed by atoms with Crippen LogP contribution in [0, 0.1) is 47.3 Å². The molecule has 0 aromatic rings. The van der Waals surface area contributed by atoms with Crippen LogP contribution in [0.3, 0.4) is 0 Å². The fourth-order valence-electron chi connectivity index (χ4n) is 10.6. The number of rotatable bonds is 5. The topological polar surface area (TPSA) is 37.4 Å². The second-order valence-corrected chi connectivity index (χ2v) is 16.8. The maximum Gasteiger partial charge on any atom is 0.0594 e. The fourth-order valence-corrected chi connectivity index (χ4v) is 10.6. The van der Waals surface area contributed by atoms with Gasteiger partial charge >= 0.3 is 0 Å². The maximum atomic E-state index is 5.41. The highest BCUT2D eigenvalue weighted by Gasteiger charge is 2.42. The summed E-state index contributed by atoms with van der Waals surface area (Å²) in [5.74, 6) is 7.97. The molecule has 9 aliphatic rings. The zero-order valence-electron chi connectivity index (χ0n) is 33.2. The van der Waals surface area contributed by atoms with Gasteiger partial charge in [0, 0.05) is 45.8 Å². The monoisotopic (exact) mass is 696 g/mol. The summed E-state index contributed by atoms with van der Waals surface area (Å²) in [5.41, 5.74) is 3.42. The third-order valence-electron chi connectivity index (χ3n) is 13.8. The molecule has 50 heavy (non-hydrogen) atoms. The maximum absolute atomic E-state index is 5.41. The molecule has 0 aromatic heterocycles. The highest BCUT2D eigenvalue weighted by atomic mass is 16.5. The number of nitrogens with zero attached hydrogens (tertiary/aromatic N) is 3. The first kappa shape index (κ1) is 40.2. The molecule has 6 aliphatic carbocycles. The first-order valence-electron chi connectivity index (χ1n) is 21.4. The molecule has 6 heteroatoms. The van der Waals surface area contributed by atoms with E-state index >= 15 is 0 Å². The van der Waals surface area contributed by atoms with Crippen LogP contribution in [-0.4, -0.2) is 113 Å². The number of fused-ring (bicyclic) bond motifs is 6. The zero-order valence-corrected chi connectivity index (χ0v) is 33.2. The molecule has 3 saturated heterocycles. The number of morpholine rings is 3. The van der Waals surface area contributed by atoms with Crippen LogP contribution < -0.4 is 0 Å². The zero-order chi connectivity index (χ0) is 35.1. The van der Waals surface area contributed by atoms with E-state index in [4.69, 9.17) is 14.2 Å². The van der Waals surface area contributed by atoms with Gasteiger partial charge in [0.2, 0.25) is 0 Å². The molecular weight excluding hydrogens is 619 g/mol. The van der Waals surface area contributed by atoms with Crippen LogP contribution in [0.15, 0.2) is 35.5 Å². The lowest BCUT2D eigenvalue weighted by molar-refractivity contribution is 0.0245. The minimum Gasteiger partial charge on any atom is -0.379 e. The van der Waals surface area contributed by atoms with Crippen molar-refractivity contribution in [3.8, 4) is 0 Å². The molecule has 9 rings (SSSR count). The van der Waals surface area contributed by atoms with Crippen molar-refractivity contribution in [3.05, 3.63) is 35.5 Å². The first-order chi connectivity index (χ1) is 24.5. The number of ether oxygens (including phenoxy) is 3. The molecule has 0 spiro atoms. The van der Waals surface area contributed by atoms with Crippen LogP contribution in [0.2, 0.25) is 0 Å². The van der Waals surface area contributed by atoms with Gasteiger partial charge in [-0.2, -0.15) is 0 Å². The van der Waals surface area contributed by atoms with Crippen molar-refractivity contribution in [1.82, 2.24) is 14.7 Å². The van der Waals surface area contributed by atoms with Crippen molar-refractivity contribution in [2.24, 2.45) is 47.3 Å². The Labute approximate surface area is 308 Å². The average Bonchev–Trinajstić information content (AvgIpc) is 4.06. The molecule has 0 radical (unpaired) electrons. The average molecular weight is 696 g/mol. The van der Waals surface area contributed by atoms with E-state index in [-0.39, 0.29) is 0 Å². The smallest absolute Gasteiger partial charge is 0.0594 e. The van der Waals surface area contributed by atoms with Gasteiger partial charge in [0.1, 0.15) is 0 Å². The minimum atomic E-state index is 0.833. The molecule has 8 atom stereocenters. The van der Waals surface area contributed by atoms with E-state index in [1.165, 1.54) is 77.4 Å². The van der Waals surface area contributed by atoms with E-state index in [0.29, 0.717) is 0 Å². The predicted octanol–water partition coefficient (Wildman–Crippen LogP) is 8.35. The highest BCUT2D eigenvalue weighted by molar-refractivity contribution is 5.26. The second-order valence-electron chi connectivity index (χ2n) is 16.8. The Morgan fingerprint density at radius 2 is 1.22 bits per heavy atom. The van der Waals surface area contributed by atoms with Gasteiger partial charge in [-0.05, 0) is 132 Å². The van der Waals surface area contributed by atoms with Crippen molar-refractivity contribution in [2.45, 2.75) is 98.8 Å². The quantitative estimate of drug-likeness (QED) is 0.269. The lowest BCUT2D eigenvalue weighted by atomic mass is 9.80. The molecule has 8 unspecified atom stereocenters. The normalized spacial score (nSPS) is 36.6. The van der Waals surface area contributed by atoms with Crippen molar-refractivity contribution >= 4 is 0 Å². The molecule has 8 fully saturated rings. The van der Waals surface area contributed by atoms with Crippen molar-refractivity contribution in [2.75, 3.05) is 98.5 Å². The Balaban J connectivity index is 0.000000126. The van der Waals surface area contributed by atoms with Crippen LogP contribution in [0.5, 0.6) is 0 Å². The molecule has 0 N–H and O–H groups in total. The third-order valence-corrected chi connectivity index (χ3v) is 13.8. The first-order valence-corrected chi connectivity index (χ1v) is 21.4. The van der Waals surface area contributed by atoms with E-state index < -0.39 is 0 Å². The molecule has 286 valence electrons. The van der Waals surface area contributed by atoms with Crippen LogP contribution in [0.4, 0.5) is 0 Å². The molecule has 0 amide bonds. The highest BCUT2D eigenvalue weighted by Crippen LogP contribution is 2.51. The van der Waals surface area contributed by atoms with Crippen molar-refractivity contribution in [1.29, 1.82) is 0 Å². The standard InChI is InChI=1S/C14H25NO.C9H14.C9H12.2C6H13NO/c1-11(10-15-4-6-16-7-5-15)14-9-12-2-3-13(14)8-12;2*1-2-8-5-7-3-4-9(8)6-7;2*1-2-7-3-5-8-6-4-7/h11-14H,2-10H2,1H3;2,7,9H,3-6H2,1H3;2-4,7,9H,5-6H2,1H3;2*2-6H2,1H3. The molecule has 5 saturated carbocycles. The van der Waals surface area contributed by atoms with E-state index in [1.54, 1.807) is 17.6 Å². The summed E-state index contributed by atoms with van der Waals surface area (Å²) in [7, 11) is 0. The van der Waals surface area contributed by atoms with E-state index in [2.05, 4.69) is 73.6 Å². The van der Waals surface area contributed by atoms with Gasteiger partial charge in [0.15, 0.2) is 0 Å². The Kier molecular flexibility index (Phi) is 17.4. The summed E-state index contributed by atoms with van der Waals surface area (Å²) in [6.07, 6.45) is 24.2. The summed E-state index contributed by atoms with van der Waals surface area (Å²) in [6, 6.07) is 0. The van der Waals surface area contributed by atoms with Crippen molar-refractivity contribution in [3.63, 3.8) is 0 Å². The fraction of sp³-hybridized carbons (Fsp3) is 0.864. The molecule has 3 heterocycles. The lowest BCUT2D eigenvalue weighted by Gasteiger charge is -2.34. The van der Waals surface area contributed by atoms with E-state index in [1.807, 2.05) is 0 Å². The van der Waals surface area contributed by atoms with Gasteiger partial charge in [-0.1, -0.05) is 62.6 Å². The molecular formula is C44H77N3O3. The number of allylic oxidation sites excluding steroid dienone is 6.